The van der Waals surface area contributed by atoms with Crippen molar-refractivity contribution in [3.63, 3.8) is 0 Å². The fourth-order valence-electron chi connectivity index (χ4n) is 3.29. The predicted octanol–water partition coefficient (Wildman–Crippen LogP) is 3.83. The summed E-state index contributed by atoms with van der Waals surface area (Å²) in [4.78, 5) is 15.8. The molecule has 1 saturated carbocycles. The summed E-state index contributed by atoms with van der Waals surface area (Å²) in [7, 11) is 0. The van der Waals surface area contributed by atoms with Gasteiger partial charge in [-0.25, -0.2) is 0 Å². The molecule has 128 valence electrons. The van der Waals surface area contributed by atoms with Crippen LogP contribution in [0.1, 0.15) is 45.1 Å². The number of aromatic nitrogens is 3. The van der Waals surface area contributed by atoms with E-state index in [0.717, 1.165) is 35.2 Å². The lowest BCUT2D eigenvalue weighted by molar-refractivity contribution is -0.131. The second-order valence-electron chi connectivity index (χ2n) is 6.61. The van der Waals surface area contributed by atoms with E-state index in [2.05, 4.69) is 33.1 Å². The Kier molecular flexibility index (Phi) is 4.63. The van der Waals surface area contributed by atoms with Crippen LogP contribution in [0.2, 0.25) is 0 Å². The van der Waals surface area contributed by atoms with E-state index in [1.54, 1.807) is 23.1 Å². The number of hydrogen-bond donors (Lipinski definition) is 0. The number of thiophene rings is 1. The normalized spacial score (nSPS) is 21.2. The molecule has 4 rings (SSSR count). The molecule has 3 heterocycles. The minimum Gasteiger partial charge on any atom is -0.339 e. The van der Waals surface area contributed by atoms with Gasteiger partial charge in [0.1, 0.15) is 0 Å². The van der Waals surface area contributed by atoms with Crippen LogP contribution in [0.25, 0.3) is 10.7 Å². The SMILES string of the molecule is C[C@H]1CCCCN1C(=O)CSc1nnc(-c2cccs2)n1C1CC1. The molecule has 0 bridgehead atoms. The molecule has 0 spiro atoms. The maximum atomic E-state index is 12.6. The van der Waals surface area contributed by atoms with Crippen LogP contribution in [-0.4, -0.2) is 43.9 Å². The van der Waals surface area contributed by atoms with E-state index in [9.17, 15) is 4.79 Å². The van der Waals surface area contributed by atoms with Crippen LogP contribution >= 0.6 is 23.1 Å². The minimum absolute atomic E-state index is 0.232. The van der Waals surface area contributed by atoms with Crippen molar-refractivity contribution in [2.24, 2.45) is 0 Å². The molecule has 0 aromatic carbocycles. The topological polar surface area (TPSA) is 51.0 Å². The van der Waals surface area contributed by atoms with Gasteiger partial charge in [-0.1, -0.05) is 17.8 Å². The van der Waals surface area contributed by atoms with E-state index in [1.807, 2.05) is 11.0 Å². The lowest BCUT2D eigenvalue weighted by Gasteiger charge is -2.33. The third-order valence-corrected chi connectivity index (χ3v) is 6.56. The summed E-state index contributed by atoms with van der Waals surface area (Å²) < 4.78 is 2.24. The molecule has 2 aliphatic rings. The Morgan fingerprint density at radius 3 is 2.92 bits per heavy atom. The number of thioether (sulfide) groups is 1. The van der Waals surface area contributed by atoms with E-state index < -0.39 is 0 Å². The zero-order valence-corrected chi connectivity index (χ0v) is 15.5. The van der Waals surface area contributed by atoms with Crippen LogP contribution in [0.5, 0.6) is 0 Å². The number of piperidine rings is 1. The molecule has 0 N–H and O–H groups in total. The highest BCUT2D eigenvalue weighted by atomic mass is 32.2. The van der Waals surface area contributed by atoms with E-state index in [4.69, 9.17) is 0 Å². The molecule has 2 aromatic heterocycles. The average Bonchev–Trinajstić information content (AvgIpc) is 3.11. The zero-order valence-electron chi connectivity index (χ0n) is 13.9. The maximum absolute atomic E-state index is 12.6. The van der Waals surface area contributed by atoms with Gasteiger partial charge in [0.05, 0.1) is 10.6 Å². The van der Waals surface area contributed by atoms with Crippen molar-refractivity contribution in [1.29, 1.82) is 0 Å². The van der Waals surface area contributed by atoms with Crippen LogP contribution in [0, 0.1) is 0 Å². The summed E-state index contributed by atoms with van der Waals surface area (Å²) in [5.41, 5.74) is 0. The fourth-order valence-corrected chi connectivity index (χ4v) is 4.89. The fraction of sp³-hybridized carbons (Fsp3) is 0.588. The third-order valence-electron chi connectivity index (χ3n) is 4.77. The highest BCUT2D eigenvalue weighted by Gasteiger charge is 2.31. The molecule has 1 amide bonds. The molecule has 1 atom stereocenters. The molecule has 1 aliphatic carbocycles. The number of amides is 1. The highest BCUT2D eigenvalue weighted by molar-refractivity contribution is 7.99. The summed E-state index contributed by atoms with van der Waals surface area (Å²) in [5.74, 6) is 1.64. The molecule has 1 aliphatic heterocycles. The number of nitrogens with zero attached hydrogens (tertiary/aromatic N) is 4. The second kappa shape index (κ2) is 6.88. The number of likely N-dealkylation sites (tertiary alicyclic amines) is 1. The van der Waals surface area contributed by atoms with Gasteiger partial charge in [0.25, 0.3) is 0 Å². The van der Waals surface area contributed by atoms with Crippen LogP contribution in [0.15, 0.2) is 22.7 Å². The van der Waals surface area contributed by atoms with Crippen molar-refractivity contribution in [3.8, 4) is 10.7 Å². The summed E-state index contributed by atoms with van der Waals surface area (Å²) in [5, 5.41) is 11.7. The van der Waals surface area contributed by atoms with Crippen molar-refractivity contribution in [2.75, 3.05) is 12.3 Å². The van der Waals surface area contributed by atoms with Crippen molar-refractivity contribution in [3.05, 3.63) is 17.5 Å². The first-order valence-electron chi connectivity index (χ1n) is 8.65. The van der Waals surface area contributed by atoms with Gasteiger partial charge in [0.2, 0.25) is 5.91 Å². The molecule has 24 heavy (non-hydrogen) atoms. The standard InChI is InChI=1S/C17H22N4OS2/c1-12-5-2-3-9-20(12)15(22)11-24-17-19-18-16(14-6-4-10-23-14)21(17)13-7-8-13/h4,6,10,12-13H,2-3,5,7-9,11H2,1H3/t12-/m0/s1. The highest BCUT2D eigenvalue weighted by Crippen LogP contribution is 2.41. The molecule has 2 aromatic rings. The van der Waals surface area contributed by atoms with Crippen molar-refractivity contribution >= 4 is 29.0 Å². The minimum atomic E-state index is 0.232. The van der Waals surface area contributed by atoms with Gasteiger partial charge in [-0.2, -0.15) is 0 Å². The molecular formula is C17H22N4OS2. The van der Waals surface area contributed by atoms with Crippen LogP contribution in [0.3, 0.4) is 0 Å². The number of carbonyl (C=O) groups is 1. The van der Waals surface area contributed by atoms with Gasteiger partial charge in [-0.15, -0.1) is 21.5 Å². The average molecular weight is 363 g/mol. The molecule has 1 saturated heterocycles. The van der Waals surface area contributed by atoms with E-state index in [-0.39, 0.29) is 5.91 Å². The van der Waals surface area contributed by atoms with Gasteiger partial charge in [0, 0.05) is 18.6 Å². The van der Waals surface area contributed by atoms with Crippen LogP contribution < -0.4 is 0 Å². The van der Waals surface area contributed by atoms with Crippen LogP contribution in [-0.2, 0) is 4.79 Å². The first-order valence-corrected chi connectivity index (χ1v) is 10.5. The van der Waals surface area contributed by atoms with Crippen molar-refractivity contribution < 1.29 is 4.79 Å². The first-order chi connectivity index (χ1) is 11.7. The summed E-state index contributed by atoms with van der Waals surface area (Å²) in [6.45, 7) is 3.06. The number of hydrogen-bond acceptors (Lipinski definition) is 5. The summed E-state index contributed by atoms with van der Waals surface area (Å²) >= 11 is 3.23. The lowest BCUT2D eigenvalue weighted by Crippen LogP contribution is -2.43. The smallest absolute Gasteiger partial charge is 0.233 e. The van der Waals surface area contributed by atoms with Crippen LogP contribution in [0.4, 0.5) is 0 Å². The number of carbonyl (C=O) groups excluding carboxylic acids is 1. The van der Waals surface area contributed by atoms with Gasteiger partial charge in [0.15, 0.2) is 11.0 Å². The summed E-state index contributed by atoms with van der Waals surface area (Å²) in [6, 6.07) is 5.00. The first kappa shape index (κ1) is 16.1. The Labute approximate surface area is 150 Å². The van der Waals surface area contributed by atoms with Gasteiger partial charge >= 0.3 is 0 Å². The van der Waals surface area contributed by atoms with Gasteiger partial charge < -0.3 is 4.90 Å². The zero-order chi connectivity index (χ0) is 16.5. The van der Waals surface area contributed by atoms with Gasteiger partial charge in [-0.3, -0.25) is 9.36 Å². The maximum Gasteiger partial charge on any atom is 0.233 e. The van der Waals surface area contributed by atoms with Crippen molar-refractivity contribution in [2.45, 2.75) is 56.3 Å². The Hall–Kier alpha value is -1.34. The van der Waals surface area contributed by atoms with Crippen molar-refractivity contribution in [1.82, 2.24) is 19.7 Å². The molecule has 5 nitrogen and oxygen atoms in total. The van der Waals surface area contributed by atoms with E-state index in [0.29, 0.717) is 17.8 Å². The predicted molar refractivity (Wildman–Crippen MR) is 97.4 cm³/mol. The Bertz CT molecular complexity index is 708. The molecular weight excluding hydrogens is 340 g/mol. The molecule has 2 fully saturated rings. The number of rotatable bonds is 5. The Balaban J connectivity index is 1.48. The summed E-state index contributed by atoms with van der Waals surface area (Å²) in [6.07, 6.45) is 5.85. The quantitative estimate of drug-likeness (QED) is 0.759. The monoisotopic (exact) mass is 362 g/mol. The third kappa shape index (κ3) is 3.24. The molecule has 7 heteroatoms. The Morgan fingerprint density at radius 2 is 2.21 bits per heavy atom. The van der Waals surface area contributed by atoms with Gasteiger partial charge in [-0.05, 0) is 50.5 Å². The largest absolute Gasteiger partial charge is 0.339 e. The second-order valence-corrected chi connectivity index (χ2v) is 8.50. The Morgan fingerprint density at radius 1 is 1.33 bits per heavy atom. The molecule has 0 radical (unpaired) electrons. The van der Waals surface area contributed by atoms with E-state index in [1.165, 1.54) is 19.3 Å². The lowest BCUT2D eigenvalue weighted by atomic mass is 10.0. The van der Waals surface area contributed by atoms with E-state index >= 15 is 0 Å². The molecule has 0 unspecified atom stereocenters.